The normalized spacial score (nSPS) is 13.6. The highest BCUT2D eigenvalue weighted by atomic mass is 16.2. The number of benzene rings is 2. The first-order chi connectivity index (χ1) is 14.6. The Morgan fingerprint density at radius 1 is 0.967 bits per heavy atom. The summed E-state index contributed by atoms with van der Waals surface area (Å²) in [6, 6.07) is 13.0. The topological polar surface area (TPSA) is 73.5 Å². The molecule has 0 radical (unpaired) electrons. The zero-order valence-electron chi connectivity index (χ0n) is 18.0. The van der Waals surface area contributed by atoms with E-state index in [0.717, 1.165) is 55.7 Å². The van der Waals surface area contributed by atoms with Crippen LogP contribution in [0.5, 0.6) is 0 Å². The summed E-state index contributed by atoms with van der Waals surface area (Å²) in [5.41, 5.74) is 4.02. The van der Waals surface area contributed by atoms with Gasteiger partial charge in [-0.25, -0.2) is 4.79 Å². The Morgan fingerprint density at radius 2 is 1.73 bits per heavy atom. The van der Waals surface area contributed by atoms with Crippen molar-refractivity contribution in [2.24, 2.45) is 0 Å². The molecule has 30 heavy (non-hydrogen) atoms. The second-order valence-electron chi connectivity index (χ2n) is 7.63. The number of carbonyl (C=O) groups excluding carboxylic acids is 2. The lowest BCUT2D eigenvalue weighted by Gasteiger charge is -2.30. The minimum Gasteiger partial charge on any atom is -0.371 e. The molecule has 1 fully saturated rings. The fourth-order valence-electron chi connectivity index (χ4n) is 3.78. The molecular weight excluding hydrogens is 376 g/mol. The van der Waals surface area contributed by atoms with Gasteiger partial charge in [-0.3, -0.25) is 4.79 Å². The van der Waals surface area contributed by atoms with Crippen LogP contribution in [-0.4, -0.2) is 31.6 Å². The molecule has 0 bridgehead atoms. The molecule has 6 heteroatoms. The SMILES string of the molecule is CCCNC(=O)c1cc(NC(=O)Nc2ccccc2CC)ccc1N1CCCCC1. The van der Waals surface area contributed by atoms with Crippen molar-refractivity contribution in [1.82, 2.24) is 5.32 Å². The number of nitrogens with zero attached hydrogens (tertiary/aromatic N) is 1. The van der Waals surface area contributed by atoms with Crippen molar-refractivity contribution in [2.75, 3.05) is 35.2 Å². The number of nitrogens with one attached hydrogen (secondary N) is 3. The number of anilines is 3. The molecule has 0 aromatic heterocycles. The molecule has 160 valence electrons. The second kappa shape index (κ2) is 10.7. The van der Waals surface area contributed by atoms with E-state index in [2.05, 4.69) is 27.8 Å². The molecule has 0 unspecified atom stereocenters. The molecule has 1 aliphatic rings. The van der Waals surface area contributed by atoms with Gasteiger partial charge >= 0.3 is 6.03 Å². The Labute approximate surface area is 179 Å². The Hall–Kier alpha value is -3.02. The van der Waals surface area contributed by atoms with E-state index in [-0.39, 0.29) is 11.9 Å². The van der Waals surface area contributed by atoms with E-state index < -0.39 is 0 Å². The van der Waals surface area contributed by atoms with Gasteiger partial charge in [-0.2, -0.15) is 0 Å². The highest BCUT2D eigenvalue weighted by Crippen LogP contribution is 2.27. The zero-order valence-corrected chi connectivity index (χ0v) is 18.0. The monoisotopic (exact) mass is 408 g/mol. The van der Waals surface area contributed by atoms with Crippen LogP contribution in [0.4, 0.5) is 21.9 Å². The number of para-hydroxylation sites is 1. The van der Waals surface area contributed by atoms with Gasteiger partial charge in [0.25, 0.3) is 5.91 Å². The fraction of sp³-hybridized carbons (Fsp3) is 0.417. The van der Waals surface area contributed by atoms with Crippen molar-refractivity contribution in [3.8, 4) is 0 Å². The smallest absolute Gasteiger partial charge is 0.323 e. The number of carbonyl (C=O) groups is 2. The maximum Gasteiger partial charge on any atom is 0.323 e. The number of hydrogen-bond donors (Lipinski definition) is 3. The van der Waals surface area contributed by atoms with Crippen LogP contribution in [0.25, 0.3) is 0 Å². The summed E-state index contributed by atoms with van der Waals surface area (Å²) in [6.45, 7) is 6.62. The minimum absolute atomic E-state index is 0.0992. The van der Waals surface area contributed by atoms with Gasteiger partial charge in [0.2, 0.25) is 0 Å². The number of aryl methyl sites for hydroxylation is 1. The van der Waals surface area contributed by atoms with Gasteiger partial charge in [0.05, 0.1) is 5.56 Å². The molecule has 0 aliphatic carbocycles. The lowest BCUT2D eigenvalue weighted by molar-refractivity contribution is 0.0954. The number of urea groups is 1. The summed E-state index contributed by atoms with van der Waals surface area (Å²) in [6.07, 6.45) is 5.21. The highest BCUT2D eigenvalue weighted by Gasteiger charge is 2.19. The van der Waals surface area contributed by atoms with Crippen LogP contribution in [-0.2, 0) is 6.42 Å². The van der Waals surface area contributed by atoms with Gasteiger partial charge < -0.3 is 20.9 Å². The lowest BCUT2D eigenvalue weighted by Crippen LogP contribution is -2.33. The molecule has 1 aliphatic heterocycles. The Balaban J connectivity index is 1.78. The van der Waals surface area contributed by atoms with Gasteiger partial charge in [0.1, 0.15) is 0 Å². The first-order valence-corrected chi connectivity index (χ1v) is 11.0. The summed E-state index contributed by atoms with van der Waals surface area (Å²) in [5.74, 6) is -0.0992. The number of amides is 3. The molecule has 6 nitrogen and oxygen atoms in total. The maximum absolute atomic E-state index is 12.8. The molecule has 3 N–H and O–H groups in total. The average Bonchev–Trinajstić information content (AvgIpc) is 2.78. The number of rotatable bonds is 7. The largest absolute Gasteiger partial charge is 0.371 e. The van der Waals surface area contributed by atoms with E-state index in [4.69, 9.17) is 0 Å². The predicted molar refractivity (Wildman–Crippen MR) is 124 cm³/mol. The van der Waals surface area contributed by atoms with Crippen LogP contribution in [0, 0.1) is 0 Å². The minimum atomic E-state index is -0.318. The van der Waals surface area contributed by atoms with E-state index in [1.807, 2.05) is 43.3 Å². The Morgan fingerprint density at radius 3 is 2.47 bits per heavy atom. The summed E-state index contributed by atoms with van der Waals surface area (Å²) >= 11 is 0. The molecule has 0 saturated carbocycles. The zero-order chi connectivity index (χ0) is 21.3. The molecular formula is C24H32N4O2. The maximum atomic E-state index is 12.8. The third kappa shape index (κ3) is 5.53. The van der Waals surface area contributed by atoms with Gasteiger partial charge in [-0.1, -0.05) is 32.0 Å². The number of hydrogen-bond acceptors (Lipinski definition) is 3. The van der Waals surface area contributed by atoms with E-state index in [9.17, 15) is 9.59 Å². The van der Waals surface area contributed by atoms with Gasteiger partial charge in [-0.05, 0) is 61.9 Å². The van der Waals surface area contributed by atoms with Crippen LogP contribution in [0.2, 0.25) is 0 Å². The molecule has 0 spiro atoms. The van der Waals surface area contributed by atoms with Crippen LogP contribution in [0.15, 0.2) is 42.5 Å². The molecule has 2 aromatic rings. The van der Waals surface area contributed by atoms with Crippen molar-refractivity contribution in [2.45, 2.75) is 46.0 Å². The van der Waals surface area contributed by atoms with Crippen LogP contribution in [0.1, 0.15) is 55.5 Å². The number of piperidine rings is 1. The summed E-state index contributed by atoms with van der Waals surface area (Å²) in [4.78, 5) is 27.6. The van der Waals surface area contributed by atoms with Crippen LogP contribution < -0.4 is 20.9 Å². The molecule has 1 saturated heterocycles. The van der Waals surface area contributed by atoms with Gasteiger partial charge in [0.15, 0.2) is 0 Å². The van der Waals surface area contributed by atoms with Crippen molar-refractivity contribution < 1.29 is 9.59 Å². The third-order valence-electron chi connectivity index (χ3n) is 5.38. The summed E-state index contributed by atoms with van der Waals surface area (Å²) in [5, 5.41) is 8.75. The highest BCUT2D eigenvalue weighted by molar-refractivity contribution is 6.04. The lowest BCUT2D eigenvalue weighted by atomic mass is 10.1. The summed E-state index contributed by atoms with van der Waals surface area (Å²) < 4.78 is 0. The van der Waals surface area contributed by atoms with Crippen molar-refractivity contribution >= 4 is 29.0 Å². The predicted octanol–water partition coefficient (Wildman–Crippen LogP) is 5.02. The van der Waals surface area contributed by atoms with Crippen LogP contribution in [0.3, 0.4) is 0 Å². The van der Waals surface area contributed by atoms with E-state index in [1.54, 1.807) is 6.07 Å². The van der Waals surface area contributed by atoms with Crippen molar-refractivity contribution in [3.63, 3.8) is 0 Å². The van der Waals surface area contributed by atoms with Crippen molar-refractivity contribution in [3.05, 3.63) is 53.6 Å². The molecule has 3 rings (SSSR count). The van der Waals surface area contributed by atoms with Crippen LogP contribution >= 0.6 is 0 Å². The Kier molecular flexibility index (Phi) is 7.71. The van der Waals surface area contributed by atoms with E-state index >= 15 is 0 Å². The van der Waals surface area contributed by atoms with Gasteiger partial charge in [-0.15, -0.1) is 0 Å². The standard InChI is InChI=1S/C24H32N4O2/c1-3-14-25-23(29)20-17-19(12-13-22(20)28-15-8-5-9-16-28)26-24(30)27-21-11-7-6-10-18(21)4-2/h6-7,10-13,17H,3-5,8-9,14-16H2,1-2H3,(H,25,29)(H2,26,27,30). The average molecular weight is 409 g/mol. The molecule has 2 aromatic carbocycles. The van der Waals surface area contributed by atoms with E-state index in [0.29, 0.717) is 17.8 Å². The second-order valence-corrected chi connectivity index (χ2v) is 7.63. The summed E-state index contributed by atoms with van der Waals surface area (Å²) in [7, 11) is 0. The first-order valence-electron chi connectivity index (χ1n) is 11.0. The van der Waals surface area contributed by atoms with E-state index in [1.165, 1.54) is 6.42 Å². The Bertz CT molecular complexity index is 875. The third-order valence-corrected chi connectivity index (χ3v) is 5.38. The van der Waals surface area contributed by atoms with Crippen molar-refractivity contribution in [1.29, 1.82) is 0 Å². The molecule has 1 heterocycles. The quantitative estimate of drug-likeness (QED) is 0.602. The fourth-order valence-corrected chi connectivity index (χ4v) is 3.78. The molecule has 0 atom stereocenters. The molecule has 3 amide bonds. The first kappa shape index (κ1) is 21.7. The van der Waals surface area contributed by atoms with Gasteiger partial charge in [0, 0.05) is 36.7 Å².